The van der Waals surface area contributed by atoms with Crippen LogP contribution in [0.5, 0.6) is 0 Å². The quantitative estimate of drug-likeness (QED) is 0.734. The molecular weight excluding hydrogens is 254 g/mol. The molecule has 1 saturated heterocycles. The lowest BCUT2D eigenvalue weighted by Crippen LogP contribution is -2.34. The van der Waals surface area contributed by atoms with E-state index in [2.05, 4.69) is 45.8 Å². The highest BCUT2D eigenvalue weighted by Crippen LogP contribution is 2.38. The van der Waals surface area contributed by atoms with Gasteiger partial charge in [0.15, 0.2) is 0 Å². The second-order valence-corrected chi connectivity index (χ2v) is 8.71. The van der Waals surface area contributed by atoms with Crippen LogP contribution in [-0.4, -0.2) is 35.9 Å². The highest BCUT2D eigenvalue weighted by Gasteiger charge is 2.33. The summed E-state index contributed by atoms with van der Waals surface area (Å²) in [5.41, 5.74) is 0.406. The van der Waals surface area contributed by atoms with E-state index >= 15 is 0 Å². The Morgan fingerprint density at radius 3 is 2.37 bits per heavy atom. The van der Waals surface area contributed by atoms with Crippen LogP contribution in [0.1, 0.15) is 53.9 Å². The number of thioether (sulfide) groups is 1. The molecule has 1 amide bonds. The molecule has 0 aliphatic carbocycles. The second kappa shape index (κ2) is 6.51. The van der Waals surface area contributed by atoms with Crippen LogP contribution in [0.2, 0.25) is 0 Å². The van der Waals surface area contributed by atoms with Crippen LogP contribution in [0, 0.1) is 16.7 Å². The standard InChI is InChI=1S/C16H31NOS/c1-13-7-8-17(10-13)14(18)9-15(2,3)11-16(4,5)12-19-6/h13H,7-12H2,1-6H3. The Labute approximate surface area is 123 Å². The van der Waals surface area contributed by atoms with Gasteiger partial charge in [-0.25, -0.2) is 0 Å². The molecule has 0 radical (unpaired) electrons. The van der Waals surface area contributed by atoms with Crippen molar-refractivity contribution < 1.29 is 4.79 Å². The summed E-state index contributed by atoms with van der Waals surface area (Å²) < 4.78 is 0. The van der Waals surface area contributed by atoms with Gasteiger partial charge in [-0.3, -0.25) is 4.79 Å². The first kappa shape index (κ1) is 16.9. The molecule has 19 heavy (non-hydrogen) atoms. The summed E-state index contributed by atoms with van der Waals surface area (Å²) in [5.74, 6) is 2.19. The Hall–Kier alpha value is -0.180. The van der Waals surface area contributed by atoms with Gasteiger partial charge in [0, 0.05) is 19.5 Å². The molecule has 0 N–H and O–H groups in total. The van der Waals surface area contributed by atoms with E-state index in [4.69, 9.17) is 0 Å². The molecule has 2 nitrogen and oxygen atoms in total. The van der Waals surface area contributed by atoms with Crippen molar-refractivity contribution in [2.75, 3.05) is 25.1 Å². The molecule has 1 atom stereocenters. The summed E-state index contributed by atoms with van der Waals surface area (Å²) in [6, 6.07) is 0. The van der Waals surface area contributed by atoms with Gasteiger partial charge in [-0.15, -0.1) is 0 Å². The summed E-state index contributed by atoms with van der Waals surface area (Å²) in [7, 11) is 0. The third kappa shape index (κ3) is 5.76. The zero-order valence-electron chi connectivity index (χ0n) is 13.6. The van der Waals surface area contributed by atoms with Crippen molar-refractivity contribution in [2.45, 2.75) is 53.9 Å². The molecule has 1 fully saturated rings. The van der Waals surface area contributed by atoms with Crippen LogP contribution >= 0.6 is 11.8 Å². The van der Waals surface area contributed by atoms with Gasteiger partial charge < -0.3 is 4.90 Å². The number of carbonyl (C=O) groups excluding carboxylic acids is 1. The second-order valence-electron chi connectivity index (χ2n) is 7.85. The molecule has 1 rings (SSSR count). The van der Waals surface area contributed by atoms with Crippen LogP contribution in [0.3, 0.4) is 0 Å². The van der Waals surface area contributed by atoms with Crippen LogP contribution in [0.25, 0.3) is 0 Å². The predicted molar refractivity (Wildman–Crippen MR) is 85.5 cm³/mol. The topological polar surface area (TPSA) is 20.3 Å². The van der Waals surface area contributed by atoms with Gasteiger partial charge >= 0.3 is 0 Å². The molecule has 112 valence electrons. The van der Waals surface area contributed by atoms with Gasteiger partial charge in [-0.05, 0) is 41.6 Å². The molecule has 1 aliphatic rings. The number of amides is 1. The van der Waals surface area contributed by atoms with E-state index in [-0.39, 0.29) is 5.41 Å². The van der Waals surface area contributed by atoms with Gasteiger partial charge in [0.2, 0.25) is 5.91 Å². The Bertz CT molecular complexity index is 312. The number of hydrogen-bond donors (Lipinski definition) is 0. The largest absolute Gasteiger partial charge is 0.342 e. The maximum atomic E-state index is 12.4. The molecule has 0 aromatic carbocycles. The first-order valence-corrected chi connectivity index (χ1v) is 8.81. The van der Waals surface area contributed by atoms with E-state index in [1.807, 2.05) is 11.8 Å². The summed E-state index contributed by atoms with van der Waals surface area (Å²) >= 11 is 1.90. The lowest BCUT2D eigenvalue weighted by atomic mass is 9.74. The van der Waals surface area contributed by atoms with Gasteiger partial charge in [0.1, 0.15) is 0 Å². The summed E-state index contributed by atoms with van der Waals surface area (Å²) in [4.78, 5) is 14.4. The van der Waals surface area contributed by atoms with E-state index in [9.17, 15) is 4.79 Å². The first-order valence-electron chi connectivity index (χ1n) is 7.42. The molecular formula is C16H31NOS. The van der Waals surface area contributed by atoms with Crippen molar-refractivity contribution in [3.05, 3.63) is 0 Å². The molecule has 0 aromatic heterocycles. The predicted octanol–water partition coefficient (Wildman–Crippen LogP) is 4.05. The highest BCUT2D eigenvalue weighted by atomic mass is 32.2. The zero-order chi connectivity index (χ0) is 14.7. The van der Waals surface area contributed by atoms with Gasteiger partial charge in [-0.1, -0.05) is 34.6 Å². The molecule has 3 heteroatoms. The van der Waals surface area contributed by atoms with Crippen LogP contribution < -0.4 is 0 Å². The molecule has 0 aromatic rings. The van der Waals surface area contributed by atoms with Crippen molar-refractivity contribution in [1.82, 2.24) is 4.90 Å². The molecule has 0 spiro atoms. The van der Waals surface area contributed by atoms with Crippen molar-refractivity contribution in [3.8, 4) is 0 Å². The minimum absolute atomic E-state index is 0.0993. The summed E-state index contributed by atoms with van der Waals surface area (Å²) in [5, 5.41) is 0. The number of hydrogen-bond acceptors (Lipinski definition) is 2. The van der Waals surface area contributed by atoms with Gasteiger partial charge in [0.05, 0.1) is 0 Å². The van der Waals surface area contributed by atoms with E-state index < -0.39 is 0 Å². The minimum atomic E-state index is 0.0993. The number of likely N-dealkylation sites (tertiary alicyclic amines) is 1. The van der Waals surface area contributed by atoms with Crippen molar-refractivity contribution >= 4 is 17.7 Å². The van der Waals surface area contributed by atoms with Crippen molar-refractivity contribution in [2.24, 2.45) is 16.7 Å². The zero-order valence-corrected chi connectivity index (χ0v) is 14.4. The summed E-state index contributed by atoms with van der Waals surface area (Å²) in [6.07, 6.45) is 5.13. The maximum absolute atomic E-state index is 12.4. The lowest BCUT2D eigenvalue weighted by molar-refractivity contribution is -0.132. The van der Waals surface area contributed by atoms with Crippen LogP contribution in [0.4, 0.5) is 0 Å². The monoisotopic (exact) mass is 285 g/mol. The molecule has 0 saturated carbocycles. The number of rotatable bonds is 6. The van der Waals surface area contributed by atoms with Gasteiger partial charge in [-0.2, -0.15) is 11.8 Å². The molecule has 1 heterocycles. The fourth-order valence-electron chi connectivity index (χ4n) is 3.48. The molecule has 1 aliphatic heterocycles. The molecule has 1 unspecified atom stereocenters. The third-order valence-corrected chi connectivity index (χ3v) is 4.97. The molecule has 0 bridgehead atoms. The smallest absolute Gasteiger partial charge is 0.223 e. The van der Waals surface area contributed by atoms with Crippen molar-refractivity contribution in [1.29, 1.82) is 0 Å². The normalized spacial score (nSPS) is 20.9. The van der Waals surface area contributed by atoms with E-state index in [1.165, 1.54) is 6.42 Å². The fraction of sp³-hybridized carbons (Fsp3) is 0.938. The lowest BCUT2D eigenvalue weighted by Gasteiger charge is -2.35. The van der Waals surface area contributed by atoms with Gasteiger partial charge in [0.25, 0.3) is 0 Å². The average molecular weight is 285 g/mol. The Balaban J connectivity index is 2.51. The third-order valence-electron chi connectivity index (χ3n) is 3.90. The Kier molecular flexibility index (Phi) is 5.78. The Morgan fingerprint density at radius 1 is 1.26 bits per heavy atom. The van der Waals surface area contributed by atoms with Crippen molar-refractivity contribution in [3.63, 3.8) is 0 Å². The van der Waals surface area contributed by atoms with E-state index in [0.717, 1.165) is 25.3 Å². The average Bonchev–Trinajstić information content (AvgIpc) is 2.61. The first-order chi connectivity index (χ1) is 8.65. The van der Waals surface area contributed by atoms with E-state index in [0.29, 0.717) is 23.7 Å². The number of nitrogens with zero attached hydrogens (tertiary/aromatic N) is 1. The maximum Gasteiger partial charge on any atom is 0.223 e. The van der Waals surface area contributed by atoms with E-state index in [1.54, 1.807) is 0 Å². The van der Waals surface area contributed by atoms with Crippen LogP contribution in [0.15, 0.2) is 0 Å². The van der Waals surface area contributed by atoms with Crippen LogP contribution in [-0.2, 0) is 4.79 Å². The highest BCUT2D eigenvalue weighted by molar-refractivity contribution is 7.98. The number of carbonyl (C=O) groups is 1. The summed E-state index contributed by atoms with van der Waals surface area (Å²) in [6.45, 7) is 13.3. The minimum Gasteiger partial charge on any atom is -0.342 e. The Morgan fingerprint density at radius 2 is 1.89 bits per heavy atom. The fourth-order valence-corrected chi connectivity index (χ4v) is 4.37. The SMILES string of the molecule is CSCC(C)(C)CC(C)(C)CC(=O)N1CCC(C)C1.